The first kappa shape index (κ1) is 17.9. The summed E-state index contributed by atoms with van der Waals surface area (Å²) in [6, 6.07) is 5.55. The Bertz CT molecular complexity index is 741. The number of alkyl halides is 3. The molecule has 0 aliphatic carbocycles. The van der Waals surface area contributed by atoms with Crippen LogP contribution >= 0.6 is 0 Å². The first-order valence-electron chi connectivity index (χ1n) is 8.30. The van der Waals surface area contributed by atoms with Crippen molar-refractivity contribution in [3.05, 3.63) is 41.3 Å². The van der Waals surface area contributed by atoms with Crippen molar-refractivity contribution in [2.45, 2.75) is 32.6 Å². The molecule has 2 aromatic rings. The largest absolute Gasteiger partial charge is 0.441 e. The maximum atomic E-state index is 12.9. The number of rotatable bonds is 3. The number of aromatic nitrogens is 1. The second-order valence-corrected chi connectivity index (χ2v) is 6.67. The van der Waals surface area contributed by atoms with E-state index in [0.717, 1.165) is 37.5 Å². The molecule has 1 aromatic carbocycles. The molecular formula is C18H22F3N3O. The summed E-state index contributed by atoms with van der Waals surface area (Å²) < 4.78 is 44.3. The number of halogens is 3. The number of nitrogens with zero attached hydrogens (tertiary/aromatic N) is 3. The third kappa shape index (κ3) is 4.04. The highest BCUT2D eigenvalue weighted by Gasteiger charge is 2.31. The van der Waals surface area contributed by atoms with Gasteiger partial charge in [-0.25, -0.2) is 4.98 Å². The standard InChI is InChI=1S/C18H22F3N3O/c1-12-10-24(8-7-23(12)3)11-16-13(2)25-17(22-16)14-5-4-6-15(9-14)18(19,20)21/h4-6,9,12H,7-8,10-11H2,1-3H3. The number of likely N-dealkylation sites (N-methyl/N-ethyl adjacent to an activating group) is 1. The molecule has 0 spiro atoms. The minimum absolute atomic E-state index is 0.237. The molecule has 136 valence electrons. The summed E-state index contributed by atoms with van der Waals surface area (Å²) in [6.45, 7) is 7.48. The molecule has 0 bridgehead atoms. The van der Waals surface area contributed by atoms with Crippen LogP contribution in [0.1, 0.15) is 23.9 Å². The molecule has 25 heavy (non-hydrogen) atoms. The fourth-order valence-corrected chi connectivity index (χ4v) is 3.01. The lowest BCUT2D eigenvalue weighted by atomic mass is 10.1. The average Bonchev–Trinajstić information content (AvgIpc) is 2.91. The molecule has 1 saturated heterocycles. The van der Waals surface area contributed by atoms with Gasteiger partial charge in [0.15, 0.2) is 0 Å². The predicted octanol–water partition coefficient (Wildman–Crippen LogP) is 3.80. The van der Waals surface area contributed by atoms with Gasteiger partial charge in [0.2, 0.25) is 5.89 Å². The molecule has 0 N–H and O–H groups in total. The van der Waals surface area contributed by atoms with Crippen molar-refractivity contribution in [2.75, 3.05) is 26.7 Å². The van der Waals surface area contributed by atoms with Gasteiger partial charge in [0.05, 0.1) is 11.3 Å². The van der Waals surface area contributed by atoms with Crippen LogP contribution in [0, 0.1) is 6.92 Å². The van der Waals surface area contributed by atoms with Crippen LogP contribution in [0.2, 0.25) is 0 Å². The normalized spacial score (nSPS) is 20.2. The van der Waals surface area contributed by atoms with E-state index in [1.807, 2.05) is 0 Å². The summed E-state index contributed by atoms with van der Waals surface area (Å²) in [5.41, 5.74) is 0.426. The van der Waals surface area contributed by atoms with Gasteiger partial charge in [-0.3, -0.25) is 4.90 Å². The van der Waals surface area contributed by atoms with Crippen molar-refractivity contribution < 1.29 is 17.6 Å². The molecular weight excluding hydrogens is 331 g/mol. The van der Waals surface area contributed by atoms with Crippen molar-refractivity contribution in [1.29, 1.82) is 0 Å². The van der Waals surface area contributed by atoms with Crippen LogP contribution in [0.5, 0.6) is 0 Å². The zero-order chi connectivity index (χ0) is 18.2. The van der Waals surface area contributed by atoms with Gasteiger partial charge >= 0.3 is 6.18 Å². The average molecular weight is 353 g/mol. The Labute approximate surface area is 145 Å². The van der Waals surface area contributed by atoms with Gasteiger partial charge in [0.25, 0.3) is 0 Å². The molecule has 1 unspecified atom stereocenters. The van der Waals surface area contributed by atoms with Gasteiger partial charge in [0.1, 0.15) is 5.76 Å². The molecule has 2 heterocycles. The maximum absolute atomic E-state index is 12.9. The highest BCUT2D eigenvalue weighted by Crippen LogP contribution is 2.32. The lowest BCUT2D eigenvalue weighted by Crippen LogP contribution is -2.49. The Kier molecular flexibility index (Phi) is 4.88. The third-order valence-electron chi connectivity index (χ3n) is 4.75. The molecule has 1 aliphatic heterocycles. The third-order valence-corrected chi connectivity index (χ3v) is 4.75. The second kappa shape index (κ2) is 6.80. The van der Waals surface area contributed by atoms with Crippen LogP contribution < -0.4 is 0 Å². The van der Waals surface area contributed by atoms with Crippen LogP contribution in [0.3, 0.4) is 0 Å². The van der Waals surface area contributed by atoms with E-state index in [-0.39, 0.29) is 5.89 Å². The number of aryl methyl sites for hydroxylation is 1. The quantitative estimate of drug-likeness (QED) is 0.840. The van der Waals surface area contributed by atoms with Gasteiger partial charge < -0.3 is 9.32 Å². The minimum atomic E-state index is -4.38. The van der Waals surface area contributed by atoms with Crippen LogP contribution in [-0.4, -0.2) is 47.5 Å². The highest BCUT2D eigenvalue weighted by molar-refractivity contribution is 5.55. The predicted molar refractivity (Wildman–Crippen MR) is 89.0 cm³/mol. The molecule has 4 nitrogen and oxygen atoms in total. The number of piperazine rings is 1. The molecule has 3 rings (SSSR count). The van der Waals surface area contributed by atoms with Crippen molar-refractivity contribution in [1.82, 2.24) is 14.8 Å². The van der Waals surface area contributed by atoms with E-state index < -0.39 is 11.7 Å². The zero-order valence-corrected chi connectivity index (χ0v) is 14.6. The summed E-state index contributed by atoms with van der Waals surface area (Å²) in [6.07, 6.45) is -4.38. The number of oxazole rings is 1. The molecule has 1 fully saturated rings. The summed E-state index contributed by atoms with van der Waals surface area (Å²) in [4.78, 5) is 9.05. The van der Waals surface area contributed by atoms with E-state index in [1.54, 1.807) is 13.0 Å². The van der Waals surface area contributed by atoms with E-state index >= 15 is 0 Å². The van der Waals surface area contributed by atoms with Crippen LogP contribution in [0.4, 0.5) is 13.2 Å². The van der Waals surface area contributed by atoms with Crippen molar-refractivity contribution in [3.8, 4) is 11.5 Å². The summed E-state index contributed by atoms with van der Waals surface area (Å²) in [5.74, 6) is 0.889. The fraction of sp³-hybridized carbons (Fsp3) is 0.500. The summed E-state index contributed by atoms with van der Waals surface area (Å²) >= 11 is 0. The topological polar surface area (TPSA) is 32.5 Å². The molecule has 0 amide bonds. The van der Waals surface area contributed by atoms with E-state index in [2.05, 4.69) is 28.8 Å². The summed E-state index contributed by atoms with van der Waals surface area (Å²) in [5, 5.41) is 0. The number of hydrogen-bond donors (Lipinski definition) is 0. The lowest BCUT2D eigenvalue weighted by molar-refractivity contribution is -0.137. The Hall–Kier alpha value is -1.86. The molecule has 0 radical (unpaired) electrons. The van der Waals surface area contributed by atoms with E-state index in [4.69, 9.17) is 4.42 Å². The smallest absolute Gasteiger partial charge is 0.416 e. The molecule has 0 saturated carbocycles. The maximum Gasteiger partial charge on any atom is 0.416 e. The zero-order valence-electron chi connectivity index (χ0n) is 14.6. The van der Waals surface area contributed by atoms with Crippen LogP contribution in [-0.2, 0) is 12.7 Å². The Morgan fingerprint density at radius 3 is 2.72 bits per heavy atom. The van der Waals surface area contributed by atoms with Gasteiger partial charge in [-0.05, 0) is 39.1 Å². The highest BCUT2D eigenvalue weighted by atomic mass is 19.4. The van der Waals surface area contributed by atoms with E-state index in [0.29, 0.717) is 23.9 Å². The van der Waals surface area contributed by atoms with E-state index in [9.17, 15) is 13.2 Å². The number of hydrogen-bond acceptors (Lipinski definition) is 4. The molecule has 1 atom stereocenters. The van der Waals surface area contributed by atoms with Crippen LogP contribution in [0.15, 0.2) is 28.7 Å². The van der Waals surface area contributed by atoms with Gasteiger partial charge in [-0.15, -0.1) is 0 Å². The van der Waals surface area contributed by atoms with Crippen molar-refractivity contribution >= 4 is 0 Å². The fourth-order valence-electron chi connectivity index (χ4n) is 3.01. The van der Waals surface area contributed by atoms with Crippen molar-refractivity contribution in [3.63, 3.8) is 0 Å². The second-order valence-electron chi connectivity index (χ2n) is 6.67. The molecule has 1 aromatic heterocycles. The van der Waals surface area contributed by atoms with Crippen molar-refractivity contribution in [2.24, 2.45) is 0 Å². The number of benzene rings is 1. The van der Waals surface area contributed by atoms with E-state index in [1.165, 1.54) is 6.07 Å². The Morgan fingerprint density at radius 1 is 1.28 bits per heavy atom. The Morgan fingerprint density at radius 2 is 2.04 bits per heavy atom. The van der Waals surface area contributed by atoms with Gasteiger partial charge in [0, 0.05) is 37.8 Å². The van der Waals surface area contributed by atoms with Gasteiger partial charge in [-0.2, -0.15) is 13.2 Å². The van der Waals surface area contributed by atoms with Crippen LogP contribution in [0.25, 0.3) is 11.5 Å². The molecule has 1 aliphatic rings. The summed E-state index contributed by atoms with van der Waals surface area (Å²) in [7, 11) is 2.11. The lowest BCUT2D eigenvalue weighted by Gasteiger charge is -2.37. The first-order chi connectivity index (χ1) is 11.7. The molecule has 7 heteroatoms. The Balaban J connectivity index is 1.79. The SMILES string of the molecule is Cc1oc(-c2cccc(C(F)(F)F)c2)nc1CN1CCN(C)C(C)C1. The minimum Gasteiger partial charge on any atom is -0.441 e. The van der Waals surface area contributed by atoms with Gasteiger partial charge in [-0.1, -0.05) is 6.07 Å². The monoisotopic (exact) mass is 353 g/mol. The first-order valence-corrected chi connectivity index (χ1v) is 8.30.